The largest absolute Gasteiger partial charge is 0.398 e. The van der Waals surface area contributed by atoms with E-state index >= 15 is 0 Å². The number of benzene rings is 1. The quantitative estimate of drug-likeness (QED) is 0.657. The maximum absolute atomic E-state index is 6.16. The van der Waals surface area contributed by atoms with Gasteiger partial charge in [-0.05, 0) is 56.7 Å². The third kappa shape index (κ3) is 2.42. The number of rotatable bonds is 0. The molecule has 1 aromatic heterocycles. The van der Waals surface area contributed by atoms with E-state index in [4.69, 9.17) is 10.7 Å². The van der Waals surface area contributed by atoms with E-state index in [9.17, 15) is 0 Å². The SMILES string of the molecule is CC(C)(C)c1cc(N)c2c(I)ccc(Br)c2n1. The van der Waals surface area contributed by atoms with Gasteiger partial charge in [-0.2, -0.15) is 0 Å². The molecule has 1 aromatic carbocycles. The Hall–Kier alpha value is -0.360. The molecule has 0 aliphatic carbocycles. The smallest absolute Gasteiger partial charge is 0.0878 e. The standard InChI is InChI=1S/C13H14BrIN2/c1-13(2,3)10-6-9(16)11-8(15)5-4-7(14)12(11)17-10/h4-6H,1-3H3,(H2,16,17). The third-order valence-electron chi connectivity index (χ3n) is 2.66. The molecule has 4 heteroatoms. The average molecular weight is 405 g/mol. The Balaban J connectivity index is 2.87. The topological polar surface area (TPSA) is 38.9 Å². The van der Waals surface area contributed by atoms with E-state index in [1.807, 2.05) is 18.2 Å². The van der Waals surface area contributed by atoms with Gasteiger partial charge in [-0.25, -0.2) is 0 Å². The molecule has 0 saturated heterocycles. The maximum Gasteiger partial charge on any atom is 0.0878 e. The minimum atomic E-state index is 0.00300. The fraction of sp³-hybridized carbons (Fsp3) is 0.308. The molecule has 0 spiro atoms. The number of anilines is 1. The predicted molar refractivity (Wildman–Crippen MR) is 85.3 cm³/mol. The first-order valence-corrected chi connectivity index (χ1v) is 7.22. The molecule has 0 amide bonds. The van der Waals surface area contributed by atoms with Crippen LogP contribution < -0.4 is 5.73 Å². The summed E-state index contributed by atoms with van der Waals surface area (Å²) in [5, 5.41) is 1.04. The van der Waals surface area contributed by atoms with Crippen molar-refractivity contribution in [3.8, 4) is 0 Å². The van der Waals surface area contributed by atoms with Gasteiger partial charge in [-0.15, -0.1) is 0 Å². The van der Waals surface area contributed by atoms with Gasteiger partial charge in [-0.1, -0.05) is 20.8 Å². The second-order valence-electron chi connectivity index (χ2n) is 5.10. The summed E-state index contributed by atoms with van der Waals surface area (Å²) in [7, 11) is 0. The Kier molecular flexibility index (Phi) is 3.38. The number of nitrogens with two attached hydrogens (primary N) is 1. The van der Waals surface area contributed by atoms with E-state index in [-0.39, 0.29) is 5.41 Å². The van der Waals surface area contributed by atoms with Crippen LogP contribution in [0, 0.1) is 3.57 Å². The molecular weight excluding hydrogens is 391 g/mol. The van der Waals surface area contributed by atoms with E-state index in [2.05, 4.69) is 59.3 Å². The highest BCUT2D eigenvalue weighted by Crippen LogP contribution is 2.33. The van der Waals surface area contributed by atoms with Crippen LogP contribution in [0.3, 0.4) is 0 Å². The second-order valence-corrected chi connectivity index (χ2v) is 7.12. The van der Waals surface area contributed by atoms with Gasteiger partial charge in [0.15, 0.2) is 0 Å². The predicted octanol–water partition coefficient (Wildman–Crippen LogP) is 4.48. The van der Waals surface area contributed by atoms with Crippen LogP contribution in [0.1, 0.15) is 26.5 Å². The Bertz CT molecular complexity index is 588. The highest BCUT2D eigenvalue weighted by atomic mass is 127. The minimum absolute atomic E-state index is 0.00300. The van der Waals surface area contributed by atoms with Crippen molar-refractivity contribution in [2.45, 2.75) is 26.2 Å². The molecule has 90 valence electrons. The molecule has 1 heterocycles. The molecule has 2 rings (SSSR count). The number of nitrogens with zero attached hydrogens (tertiary/aromatic N) is 1. The molecule has 2 aromatic rings. The first-order chi connectivity index (χ1) is 7.80. The number of pyridine rings is 1. The second kappa shape index (κ2) is 4.39. The van der Waals surface area contributed by atoms with Crippen LogP contribution in [-0.4, -0.2) is 4.98 Å². The van der Waals surface area contributed by atoms with E-state index in [0.717, 1.165) is 30.3 Å². The molecule has 0 unspecified atom stereocenters. The first-order valence-electron chi connectivity index (χ1n) is 5.35. The van der Waals surface area contributed by atoms with Gasteiger partial charge in [-0.3, -0.25) is 4.98 Å². The number of hydrogen-bond donors (Lipinski definition) is 1. The summed E-state index contributed by atoms with van der Waals surface area (Å²) in [6, 6.07) is 6.04. The van der Waals surface area contributed by atoms with Gasteiger partial charge in [0.25, 0.3) is 0 Å². The molecule has 17 heavy (non-hydrogen) atoms. The number of halogens is 2. The van der Waals surface area contributed by atoms with E-state index in [1.54, 1.807) is 0 Å². The summed E-state index contributed by atoms with van der Waals surface area (Å²) < 4.78 is 2.12. The van der Waals surface area contributed by atoms with Crippen LogP contribution in [-0.2, 0) is 5.41 Å². The van der Waals surface area contributed by atoms with Gasteiger partial charge in [0, 0.05) is 30.2 Å². The molecule has 0 fully saturated rings. The van der Waals surface area contributed by atoms with Crippen molar-refractivity contribution in [1.29, 1.82) is 0 Å². The number of fused-ring (bicyclic) bond motifs is 1. The summed E-state index contributed by atoms with van der Waals surface area (Å²) in [6.45, 7) is 6.42. The van der Waals surface area contributed by atoms with Crippen LogP contribution in [0.15, 0.2) is 22.7 Å². The molecule has 0 atom stereocenters. The van der Waals surface area contributed by atoms with Crippen molar-refractivity contribution >= 4 is 55.1 Å². The molecule has 2 N–H and O–H groups in total. The lowest BCUT2D eigenvalue weighted by atomic mass is 9.91. The van der Waals surface area contributed by atoms with E-state index in [0.29, 0.717) is 0 Å². The number of nitrogen functional groups attached to an aromatic ring is 1. The van der Waals surface area contributed by atoms with Gasteiger partial charge < -0.3 is 5.73 Å². The summed E-state index contributed by atoms with van der Waals surface area (Å²) in [6.07, 6.45) is 0. The minimum Gasteiger partial charge on any atom is -0.398 e. The molecule has 0 bridgehead atoms. The van der Waals surface area contributed by atoms with Crippen molar-refractivity contribution < 1.29 is 0 Å². The monoisotopic (exact) mass is 404 g/mol. The van der Waals surface area contributed by atoms with Crippen LogP contribution in [0.5, 0.6) is 0 Å². The summed E-state index contributed by atoms with van der Waals surface area (Å²) in [4.78, 5) is 4.74. The van der Waals surface area contributed by atoms with E-state index in [1.165, 1.54) is 0 Å². The summed E-state index contributed by atoms with van der Waals surface area (Å²) in [5.74, 6) is 0. The highest BCUT2D eigenvalue weighted by Gasteiger charge is 2.18. The molecule has 0 radical (unpaired) electrons. The zero-order valence-corrected chi connectivity index (χ0v) is 13.8. The normalized spacial score (nSPS) is 12.1. The van der Waals surface area contributed by atoms with Crippen LogP contribution in [0.25, 0.3) is 10.9 Å². The van der Waals surface area contributed by atoms with Crippen molar-refractivity contribution in [3.05, 3.63) is 31.9 Å². The van der Waals surface area contributed by atoms with Crippen molar-refractivity contribution in [2.24, 2.45) is 0 Å². The summed E-state index contributed by atoms with van der Waals surface area (Å²) in [5.41, 5.74) is 8.92. The fourth-order valence-electron chi connectivity index (χ4n) is 1.68. The van der Waals surface area contributed by atoms with E-state index < -0.39 is 0 Å². The van der Waals surface area contributed by atoms with Gasteiger partial charge in [0.05, 0.1) is 5.52 Å². The Morgan fingerprint density at radius 2 is 1.94 bits per heavy atom. The number of hydrogen-bond acceptors (Lipinski definition) is 2. The van der Waals surface area contributed by atoms with Gasteiger partial charge in [0.2, 0.25) is 0 Å². The zero-order chi connectivity index (χ0) is 12.8. The van der Waals surface area contributed by atoms with Crippen molar-refractivity contribution in [2.75, 3.05) is 5.73 Å². The Morgan fingerprint density at radius 1 is 1.29 bits per heavy atom. The molecule has 0 aliphatic heterocycles. The third-order valence-corrected chi connectivity index (χ3v) is 4.20. The highest BCUT2D eigenvalue weighted by molar-refractivity contribution is 14.1. The molecular formula is C13H14BrIN2. The molecule has 0 aliphatic rings. The lowest BCUT2D eigenvalue weighted by Gasteiger charge is -2.19. The average Bonchev–Trinajstić information content (AvgIpc) is 2.21. The van der Waals surface area contributed by atoms with Gasteiger partial charge in [0.1, 0.15) is 0 Å². The number of aromatic nitrogens is 1. The lowest BCUT2D eigenvalue weighted by molar-refractivity contribution is 0.572. The lowest BCUT2D eigenvalue weighted by Crippen LogP contribution is -2.14. The zero-order valence-electron chi connectivity index (χ0n) is 10.0. The van der Waals surface area contributed by atoms with Crippen molar-refractivity contribution in [3.63, 3.8) is 0 Å². The molecule has 0 saturated carbocycles. The first kappa shape index (κ1) is 13.1. The maximum atomic E-state index is 6.16. The summed E-state index contributed by atoms with van der Waals surface area (Å²) >= 11 is 5.84. The van der Waals surface area contributed by atoms with Gasteiger partial charge >= 0.3 is 0 Å². The fourth-order valence-corrected chi connectivity index (χ4v) is 2.85. The van der Waals surface area contributed by atoms with Crippen LogP contribution >= 0.6 is 38.5 Å². The molecule has 2 nitrogen and oxygen atoms in total. The van der Waals surface area contributed by atoms with Crippen LogP contribution in [0.4, 0.5) is 5.69 Å². The Morgan fingerprint density at radius 3 is 2.53 bits per heavy atom. The van der Waals surface area contributed by atoms with Crippen LogP contribution in [0.2, 0.25) is 0 Å². The van der Waals surface area contributed by atoms with Crippen molar-refractivity contribution in [1.82, 2.24) is 4.98 Å². The Labute approximate surface area is 123 Å².